The van der Waals surface area contributed by atoms with Gasteiger partial charge in [-0.25, -0.2) is 4.98 Å². The Morgan fingerprint density at radius 3 is 3.00 bits per heavy atom. The Kier molecular flexibility index (Phi) is 6.45. The number of aromatic nitrogens is 2. The summed E-state index contributed by atoms with van der Waals surface area (Å²) in [5.74, 6) is 0.283. The number of ether oxygens (including phenoxy) is 2. The predicted molar refractivity (Wildman–Crippen MR) is 85.9 cm³/mol. The number of thiazole rings is 1. The van der Waals surface area contributed by atoms with E-state index in [1.165, 1.54) is 11.3 Å². The Bertz CT molecular complexity index is 589. The number of amides is 1. The molecule has 0 unspecified atom stereocenters. The zero-order valence-electron chi connectivity index (χ0n) is 12.6. The maximum atomic E-state index is 12.0. The largest absolute Gasteiger partial charge is 0.379 e. The van der Waals surface area contributed by atoms with Crippen molar-refractivity contribution < 1.29 is 14.3 Å². The van der Waals surface area contributed by atoms with Gasteiger partial charge in [0.25, 0.3) is 5.91 Å². The van der Waals surface area contributed by atoms with E-state index in [2.05, 4.69) is 15.3 Å². The summed E-state index contributed by atoms with van der Waals surface area (Å²) >= 11 is 1.43. The number of hydrogen-bond donors (Lipinski definition) is 1. The number of pyridine rings is 1. The predicted octanol–water partition coefficient (Wildman–Crippen LogP) is 2.59. The highest BCUT2D eigenvalue weighted by Gasteiger charge is 2.15. The fourth-order valence-electron chi connectivity index (χ4n) is 1.67. The van der Waals surface area contributed by atoms with E-state index in [0.29, 0.717) is 25.6 Å². The average molecular weight is 321 g/mol. The molecule has 0 aliphatic heterocycles. The van der Waals surface area contributed by atoms with Crippen molar-refractivity contribution in [3.05, 3.63) is 29.8 Å². The van der Waals surface area contributed by atoms with Gasteiger partial charge in [-0.3, -0.25) is 9.78 Å². The van der Waals surface area contributed by atoms with Crippen LogP contribution in [0, 0.1) is 0 Å². The first-order valence-electron chi connectivity index (χ1n) is 7.08. The molecule has 0 bridgehead atoms. The van der Waals surface area contributed by atoms with Gasteiger partial charge in [-0.2, -0.15) is 0 Å². The van der Waals surface area contributed by atoms with Gasteiger partial charge < -0.3 is 14.8 Å². The Morgan fingerprint density at radius 1 is 1.41 bits per heavy atom. The van der Waals surface area contributed by atoms with Crippen LogP contribution in [-0.4, -0.2) is 41.8 Å². The van der Waals surface area contributed by atoms with E-state index in [1.54, 1.807) is 18.5 Å². The van der Waals surface area contributed by atoms with Crippen molar-refractivity contribution in [2.45, 2.75) is 20.0 Å². The first-order valence-corrected chi connectivity index (χ1v) is 7.95. The Labute approximate surface area is 133 Å². The third kappa shape index (κ3) is 4.87. The summed E-state index contributed by atoms with van der Waals surface area (Å²) in [5, 5.41) is 5.29. The van der Waals surface area contributed by atoms with Crippen molar-refractivity contribution in [2.75, 3.05) is 25.1 Å². The van der Waals surface area contributed by atoms with E-state index < -0.39 is 6.10 Å². The van der Waals surface area contributed by atoms with Gasteiger partial charge in [-0.1, -0.05) is 6.07 Å². The lowest BCUT2D eigenvalue weighted by atomic mass is 10.3. The molecule has 0 saturated heterocycles. The van der Waals surface area contributed by atoms with Gasteiger partial charge in [0.05, 0.1) is 18.9 Å². The van der Waals surface area contributed by atoms with E-state index in [9.17, 15) is 4.79 Å². The molecule has 1 N–H and O–H groups in total. The highest BCUT2D eigenvalue weighted by molar-refractivity contribution is 7.13. The molecule has 2 rings (SSSR count). The van der Waals surface area contributed by atoms with Crippen LogP contribution in [0.4, 0.5) is 5.82 Å². The van der Waals surface area contributed by atoms with E-state index >= 15 is 0 Å². The quantitative estimate of drug-likeness (QED) is 0.757. The third-order valence-electron chi connectivity index (χ3n) is 2.81. The lowest BCUT2D eigenvalue weighted by molar-refractivity contribution is -0.127. The molecule has 2 aromatic rings. The van der Waals surface area contributed by atoms with Crippen molar-refractivity contribution in [1.82, 2.24) is 9.97 Å². The Hall–Kier alpha value is -1.83. The zero-order valence-corrected chi connectivity index (χ0v) is 13.4. The van der Waals surface area contributed by atoms with Gasteiger partial charge in [0.15, 0.2) is 0 Å². The first-order chi connectivity index (χ1) is 10.7. The maximum Gasteiger partial charge on any atom is 0.254 e. The van der Waals surface area contributed by atoms with Gasteiger partial charge in [-0.15, -0.1) is 11.3 Å². The molecule has 118 valence electrons. The molecule has 0 fully saturated rings. The summed E-state index contributed by atoms with van der Waals surface area (Å²) in [6.07, 6.45) is 1.16. The summed E-state index contributed by atoms with van der Waals surface area (Å²) in [4.78, 5) is 20.6. The number of nitrogens with one attached hydrogen (secondary N) is 1. The monoisotopic (exact) mass is 321 g/mol. The van der Waals surface area contributed by atoms with Crippen molar-refractivity contribution in [3.8, 4) is 10.7 Å². The van der Waals surface area contributed by atoms with Crippen LogP contribution >= 0.6 is 11.3 Å². The van der Waals surface area contributed by atoms with Gasteiger partial charge >= 0.3 is 0 Å². The summed E-state index contributed by atoms with van der Waals surface area (Å²) in [5.41, 5.74) is 0.786. The van der Waals surface area contributed by atoms with Gasteiger partial charge in [0.1, 0.15) is 16.9 Å². The highest BCUT2D eigenvalue weighted by Crippen LogP contribution is 2.23. The minimum Gasteiger partial charge on any atom is -0.379 e. The van der Waals surface area contributed by atoms with Crippen LogP contribution < -0.4 is 5.32 Å². The molecular weight excluding hydrogens is 302 g/mol. The van der Waals surface area contributed by atoms with Gasteiger partial charge in [0, 0.05) is 18.2 Å². The van der Waals surface area contributed by atoms with Crippen molar-refractivity contribution in [3.63, 3.8) is 0 Å². The third-order valence-corrected chi connectivity index (χ3v) is 3.67. The molecule has 22 heavy (non-hydrogen) atoms. The molecule has 6 nitrogen and oxygen atoms in total. The van der Waals surface area contributed by atoms with E-state index in [4.69, 9.17) is 9.47 Å². The van der Waals surface area contributed by atoms with Crippen LogP contribution in [0.2, 0.25) is 0 Å². The van der Waals surface area contributed by atoms with E-state index in [0.717, 1.165) is 10.7 Å². The molecule has 2 heterocycles. The maximum absolute atomic E-state index is 12.0. The molecule has 2 aromatic heterocycles. The topological polar surface area (TPSA) is 73.3 Å². The minimum atomic E-state index is -0.555. The van der Waals surface area contributed by atoms with E-state index in [1.807, 2.05) is 25.1 Å². The Morgan fingerprint density at radius 2 is 2.27 bits per heavy atom. The number of carbonyl (C=O) groups is 1. The SMILES string of the molecule is CCOCCO[C@@H](C)C(=O)Nc1csc(-c2ccccn2)n1. The number of rotatable bonds is 8. The highest BCUT2D eigenvalue weighted by atomic mass is 32.1. The van der Waals surface area contributed by atoms with Crippen LogP contribution in [0.5, 0.6) is 0 Å². The summed E-state index contributed by atoms with van der Waals surface area (Å²) in [6.45, 7) is 5.12. The minimum absolute atomic E-state index is 0.227. The molecule has 0 aromatic carbocycles. The molecule has 0 radical (unpaired) electrons. The average Bonchev–Trinajstić information content (AvgIpc) is 3.00. The zero-order chi connectivity index (χ0) is 15.8. The van der Waals surface area contributed by atoms with Crippen molar-refractivity contribution in [1.29, 1.82) is 0 Å². The molecule has 7 heteroatoms. The van der Waals surface area contributed by atoms with Gasteiger partial charge in [0.2, 0.25) is 0 Å². The van der Waals surface area contributed by atoms with Gasteiger partial charge in [-0.05, 0) is 26.0 Å². The van der Waals surface area contributed by atoms with Crippen molar-refractivity contribution >= 4 is 23.1 Å². The lowest BCUT2D eigenvalue weighted by Gasteiger charge is -2.12. The molecule has 1 amide bonds. The lowest BCUT2D eigenvalue weighted by Crippen LogP contribution is -2.29. The second-order valence-electron chi connectivity index (χ2n) is 4.45. The van der Waals surface area contributed by atoms with Crippen LogP contribution in [-0.2, 0) is 14.3 Å². The molecule has 0 aliphatic rings. The molecule has 0 aliphatic carbocycles. The normalized spacial score (nSPS) is 12.1. The molecule has 0 spiro atoms. The second-order valence-corrected chi connectivity index (χ2v) is 5.31. The first kappa shape index (κ1) is 16.5. The second kappa shape index (κ2) is 8.57. The van der Waals surface area contributed by atoms with Crippen LogP contribution in [0.15, 0.2) is 29.8 Å². The van der Waals surface area contributed by atoms with Crippen LogP contribution in [0.25, 0.3) is 10.7 Å². The molecule has 1 atom stereocenters. The smallest absolute Gasteiger partial charge is 0.254 e. The number of hydrogen-bond acceptors (Lipinski definition) is 6. The van der Waals surface area contributed by atoms with E-state index in [-0.39, 0.29) is 5.91 Å². The number of carbonyl (C=O) groups excluding carboxylic acids is 1. The fourth-order valence-corrected chi connectivity index (χ4v) is 2.40. The standard InChI is InChI=1S/C15H19N3O3S/c1-3-20-8-9-21-11(2)14(19)17-13-10-22-15(18-13)12-6-4-5-7-16-12/h4-7,10-11H,3,8-9H2,1-2H3,(H,17,19)/t11-/m0/s1. The van der Waals surface area contributed by atoms with Crippen LogP contribution in [0.3, 0.4) is 0 Å². The number of anilines is 1. The summed E-state index contributed by atoms with van der Waals surface area (Å²) < 4.78 is 10.6. The Balaban J connectivity index is 1.86. The van der Waals surface area contributed by atoms with Crippen molar-refractivity contribution in [2.24, 2.45) is 0 Å². The molecule has 0 saturated carbocycles. The molecular formula is C15H19N3O3S. The fraction of sp³-hybridized carbons (Fsp3) is 0.400. The van der Waals surface area contributed by atoms with Crippen LogP contribution in [0.1, 0.15) is 13.8 Å². The number of nitrogens with zero attached hydrogens (tertiary/aromatic N) is 2. The summed E-state index contributed by atoms with van der Waals surface area (Å²) in [7, 11) is 0. The summed E-state index contributed by atoms with van der Waals surface area (Å²) in [6, 6.07) is 5.63.